The van der Waals surface area contributed by atoms with Gasteiger partial charge in [-0.2, -0.15) is 5.48 Å². The minimum absolute atomic E-state index is 0.214. The fourth-order valence-corrected chi connectivity index (χ4v) is 2.73. The molecule has 0 unspecified atom stereocenters. The van der Waals surface area contributed by atoms with Crippen molar-refractivity contribution in [2.75, 3.05) is 0 Å². The fourth-order valence-electron chi connectivity index (χ4n) is 2.73. The molecule has 1 saturated heterocycles. The standard InChI is InChI=1S/C18H28BNO4/c1-12(21)20-22-14-11-9-10-13(15(14)16(2,3)4)19-23-17(5,6)18(7,8)24-19/h9-11H,1-8H3,(H,20,21). The van der Waals surface area contributed by atoms with Gasteiger partial charge in [0.2, 0.25) is 5.91 Å². The van der Waals surface area contributed by atoms with Crippen LogP contribution in [0.25, 0.3) is 0 Å². The number of nitrogens with one attached hydrogen (secondary N) is 1. The zero-order valence-corrected chi connectivity index (χ0v) is 15.9. The van der Waals surface area contributed by atoms with Crippen molar-refractivity contribution in [2.45, 2.75) is 72.0 Å². The number of benzene rings is 1. The van der Waals surface area contributed by atoms with Crippen molar-refractivity contribution in [3.63, 3.8) is 0 Å². The summed E-state index contributed by atoms with van der Waals surface area (Å²) in [7, 11) is -0.481. The summed E-state index contributed by atoms with van der Waals surface area (Å²) in [5.74, 6) is 0.348. The molecule has 0 aliphatic carbocycles. The molecule has 1 amide bonds. The molecule has 1 heterocycles. The van der Waals surface area contributed by atoms with Gasteiger partial charge in [-0.3, -0.25) is 4.79 Å². The van der Waals surface area contributed by atoms with Crippen molar-refractivity contribution >= 4 is 18.5 Å². The maximum absolute atomic E-state index is 11.2. The van der Waals surface area contributed by atoms with Gasteiger partial charge >= 0.3 is 7.12 Å². The maximum atomic E-state index is 11.2. The summed E-state index contributed by atoms with van der Waals surface area (Å²) in [6.07, 6.45) is 0. The summed E-state index contributed by atoms with van der Waals surface area (Å²) in [4.78, 5) is 16.7. The van der Waals surface area contributed by atoms with Gasteiger partial charge in [-0.15, -0.1) is 0 Å². The molecule has 0 aromatic heterocycles. The van der Waals surface area contributed by atoms with Crippen molar-refractivity contribution in [2.24, 2.45) is 0 Å². The lowest BCUT2D eigenvalue weighted by Gasteiger charge is -2.32. The highest BCUT2D eigenvalue weighted by molar-refractivity contribution is 6.62. The van der Waals surface area contributed by atoms with Crippen LogP contribution in [0.15, 0.2) is 18.2 Å². The van der Waals surface area contributed by atoms with E-state index in [0.29, 0.717) is 5.75 Å². The van der Waals surface area contributed by atoms with Gasteiger partial charge in [0.15, 0.2) is 5.75 Å². The van der Waals surface area contributed by atoms with Gasteiger partial charge in [0.1, 0.15) is 0 Å². The molecule has 1 aliphatic heterocycles. The summed E-state index contributed by atoms with van der Waals surface area (Å²) in [5.41, 5.74) is 3.24. The Hall–Kier alpha value is -1.53. The molecule has 0 bridgehead atoms. The minimum Gasteiger partial charge on any atom is -0.399 e. The van der Waals surface area contributed by atoms with E-state index >= 15 is 0 Å². The molecule has 2 rings (SSSR count). The third kappa shape index (κ3) is 3.60. The molecule has 6 heteroatoms. The molecule has 1 N–H and O–H groups in total. The largest absolute Gasteiger partial charge is 0.495 e. The molecule has 24 heavy (non-hydrogen) atoms. The lowest BCUT2D eigenvalue weighted by molar-refractivity contribution is -0.125. The predicted molar refractivity (Wildman–Crippen MR) is 95.3 cm³/mol. The Morgan fingerprint density at radius 2 is 1.67 bits per heavy atom. The number of hydrogen-bond acceptors (Lipinski definition) is 4. The van der Waals surface area contributed by atoms with Crippen LogP contribution in [-0.4, -0.2) is 24.2 Å². The molecule has 1 fully saturated rings. The normalized spacial score (nSPS) is 19.2. The number of hydrogen-bond donors (Lipinski definition) is 1. The Labute approximate surface area is 145 Å². The van der Waals surface area contributed by atoms with Crippen molar-refractivity contribution < 1.29 is 18.9 Å². The average Bonchev–Trinajstić information content (AvgIpc) is 2.63. The second-order valence-corrected chi connectivity index (χ2v) is 8.32. The molecule has 1 aromatic carbocycles. The van der Waals surface area contributed by atoms with Crippen LogP contribution >= 0.6 is 0 Å². The van der Waals surface area contributed by atoms with Crippen LogP contribution in [0.3, 0.4) is 0 Å². The Kier molecular flexibility index (Phi) is 4.77. The molecule has 1 aromatic rings. The molecule has 0 atom stereocenters. The molecular weight excluding hydrogens is 305 g/mol. The average molecular weight is 333 g/mol. The summed E-state index contributed by atoms with van der Waals surface area (Å²) in [6.45, 7) is 15.8. The second kappa shape index (κ2) is 6.08. The molecule has 0 radical (unpaired) electrons. The molecule has 0 spiro atoms. The number of rotatable bonds is 3. The first-order valence-electron chi connectivity index (χ1n) is 8.27. The van der Waals surface area contributed by atoms with Crippen LogP contribution in [0, 0.1) is 0 Å². The third-order valence-electron chi connectivity index (χ3n) is 4.62. The highest BCUT2D eigenvalue weighted by atomic mass is 16.7. The third-order valence-corrected chi connectivity index (χ3v) is 4.62. The van der Waals surface area contributed by atoms with E-state index in [2.05, 4.69) is 26.3 Å². The van der Waals surface area contributed by atoms with Crippen LogP contribution in [0.5, 0.6) is 5.75 Å². The SMILES string of the molecule is CC(=O)NOc1cccc(B2OC(C)(C)C(C)(C)O2)c1C(C)(C)C. The van der Waals surface area contributed by atoms with Gasteiger partial charge in [0.05, 0.1) is 11.2 Å². The first kappa shape index (κ1) is 18.8. The quantitative estimate of drug-likeness (QED) is 0.683. The Morgan fingerprint density at radius 3 is 2.12 bits per heavy atom. The zero-order valence-electron chi connectivity index (χ0n) is 15.9. The van der Waals surface area contributed by atoms with E-state index in [9.17, 15) is 4.79 Å². The molecular formula is C18H28BNO4. The van der Waals surface area contributed by atoms with Gasteiger partial charge in [0.25, 0.3) is 0 Å². The van der Waals surface area contributed by atoms with Crippen LogP contribution in [-0.2, 0) is 19.5 Å². The Balaban J connectivity index is 2.47. The number of carbonyl (C=O) groups excluding carboxylic acids is 1. The first-order chi connectivity index (χ1) is 10.8. The van der Waals surface area contributed by atoms with Gasteiger partial charge in [-0.05, 0) is 44.6 Å². The van der Waals surface area contributed by atoms with Crippen molar-refractivity contribution in [1.82, 2.24) is 5.48 Å². The van der Waals surface area contributed by atoms with E-state index in [4.69, 9.17) is 14.1 Å². The Morgan fingerprint density at radius 1 is 1.12 bits per heavy atom. The fraction of sp³-hybridized carbons (Fsp3) is 0.611. The second-order valence-electron chi connectivity index (χ2n) is 8.32. The number of hydroxylamine groups is 1. The van der Waals surface area contributed by atoms with E-state index in [-0.39, 0.29) is 11.3 Å². The smallest absolute Gasteiger partial charge is 0.399 e. The van der Waals surface area contributed by atoms with Gasteiger partial charge in [-0.25, -0.2) is 0 Å². The topological polar surface area (TPSA) is 56.8 Å². The first-order valence-corrected chi connectivity index (χ1v) is 8.27. The van der Waals surface area contributed by atoms with Crippen LogP contribution < -0.4 is 15.8 Å². The van der Waals surface area contributed by atoms with Crippen molar-refractivity contribution in [3.8, 4) is 5.75 Å². The van der Waals surface area contributed by atoms with E-state index in [1.54, 1.807) is 0 Å². The summed E-state index contributed by atoms with van der Waals surface area (Å²) >= 11 is 0. The number of carbonyl (C=O) groups is 1. The summed E-state index contributed by atoms with van der Waals surface area (Å²) in [5, 5.41) is 0. The monoisotopic (exact) mass is 333 g/mol. The molecule has 0 saturated carbocycles. The van der Waals surface area contributed by atoms with E-state index in [1.807, 2.05) is 45.9 Å². The highest BCUT2D eigenvalue weighted by Crippen LogP contribution is 2.38. The molecule has 1 aliphatic rings. The van der Waals surface area contributed by atoms with Crippen LogP contribution in [0.4, 0.5) is 0 Å². The van der Waals surface area contributed by atoms with Crippen molar-refractivity contribution in [3.05, 3.63) is 23.8 Å². The Bertz CT molecular complexity index is 618. The zero-order chi connectivity index (χ0) is 18.3. The van der Waals surface area contributed by atoms with Crippen LogP contribution in [0.1, 0.15) is 61.0 Å². The highest BCUT2D eigenvalue weighted by Gasteiger charge is 2.52. The van der Waals surface area contributed by atoms with E-state index in [1.165, 1.54) is 6.92 Å². The van der Waals surface area contributed by atoms with Crippen LogP contribution in [0.2, 0.25) is 0 Å². The summed E-state index contributed by atoms with van der Waals surface area (Å²) in [6, 6.07) is 5.71. The lowest BCUT2D eigenvalue weighted by atomic mass is 9.69. The maximum Gasteiger partial charge on any atom is 0.495 e. The van der Waals surface area contributed by atoms with Gasteiger partial charge in [0, 0.05) is 12.5 Å². The minimum atomic E-state index is -0.481. The van der Waals surface area contributed by atoms with E-state index in [0.717, 1.165) is 11.0 Å². The van der Waals surface area contributed by atoms with E-state index < -0.39 is 18.3 Å². The lowest BCUT2D eigenvalue weighted by Crippen LogP contribution is -2.41. The molecule has 5 nitrogen and oxygen atoms in total. The van der Waals surface area contributed by atoms with Gasteiger partial charge in [-0.1, -0.05) is 32.9 Å². The van der Waals surface area contributed by atoms with Gasteiger partial charge < -0.3 is 14.1 Å². The summed E-state index contributed by atoms with van der Waals surface area (Å²) < 4.78 is 12.4. The number of amides is 1. The predicted octanol–water partition coefficient (Wildman–Crippen LogP) is 2.71. The van der Waals surface area contributed by atoms with Crippen molar-refractivity contribution in [1.29, 1.82) is 0 Å². The molecule has 132 valence electrons.